The molecule has 1 saturated heterocycles. The minimum Gasteiger partial charge on any atom is -0.355 e. The van der Waals surface area contributed by atoms with Crippen LogP contribution in [0.15, 0.2) is 0 Å². The molecule has 0 aromatic carbocycles. The third kappa shape index (κ3) is 6.38. The Morgan fingerprint density at radius 3 is 2.69 bits per heavy atom. The fourth-order valence-electron chi connectivity index (χ4n) is 1.70. The van der Waals surface area contributed by atoms with Crippen molar-refractivity contribution in [1.29, 1.82) is 0 Å². The Hall–Kier alpha value is -0.220. The first-order valence-electron chi connectivity index (χ1n) is 6.26. The van der Waals surface area contributed by atoms with Gasteiger partial charge in [0.15, 0.2) is 0 Å². The van der Waals surface area contributed by atoms with Crippen molar-refractivity contribution in [2.75, 3.05) is 24.6 Å². The molecule has 1 amide bonds. The first-order valence-corrected chi connectivity index (χ1v) is 7.41. The van der Waals surface area contributed by atoms with E-state index < -0.39 is 0 Å². The van der Waals surface area contributed by atoms with Gasteiger partial charge in [0.05, 0.1) is 6.54 Å². The van der Waals surface area contributed by atoms with Gasteiger partial charge >= 0.3 is 0 Å². The van der Waals surface area contributed by atoms with Gasteiger partial charge in [-0.3, -0.25) is 4.79 Å². The van der Waals surface area contributed by atoms with E-state index in [1.54, 1.807) is 0 Å². The van der Waals surface area contributed by atoms with Crippen LogP contribution in [0.2, 0.25) is 0 Å². The number of rotatable bonds is 6. The quantitative estimate of drug-likeness (QED) is 0.746. The molecule has 1 aliphatic heterocycles. The molecule has 0 radical (unpaired) electrons. The zero-order valence-corrected chi connectivity index (χ0v) is 11.2. The molecule has 3 nitrogen and oxygen atoms in total. The highest BCUT2D eigenvalue weighted by atomic mass is 32.2. The molecular formula is C12H24N2OS. The molecule has 4 heteroatoms. The maximum atomic E-state index is 11.5. The van der Waals surface area contributed by atoms with E-state index in [1.165, 1.54) is 24.3 Å². The van der Waals surface area contributed by atoms with Gasteiger partial charge in [-0.2, -0.15) is 11.8 Å². The predicted octanol–water partition coefficient (Wildman–Crippen LogP) is 1.63. The van der Waals surface area contributed by atoms with Crippen molar-refractivity contribution >= 4 is 17.7 Å². The molecule has 2 N–H and O–H groups in total. The van der Waals surface area contributed by atoms with Crippen molar-refractivity contribution < 1.29 is 4.79 Å². The molecule has 0 atom stereocenters. The summed E-state index contributed by atoms with van der Waals surface area (Å²) in [5.41, 5.74) is 0. The van der Waals surface area contributed by atoms with Crippen molar-refractivity contribution in [2.45, 2.75) is 39.2 Å². The second-order valence-electron chi connectivity index (χ2n) is 4.80. The standard InChI is InChI=1S/C12H24N2OS/c1-10(2)3-6-13-12(15)9-14-11-4-7-16-8-5-11/h10-11,14H,3-9H2,1-2H3,(H,13,15). The lowest BCUT2D eigenvalue weighted by molar-refractivity contribution is -0.120. The molecule has 1 fully saturated rings. The van der Waals surface area contributed by atoms with Crippen LogP contribution in [-0.2, 0) is 4.79 Å². The van der Waals surface area contributed by atoms with E-state index in [-0.39, 0.29) is 5.91 Å². The fourth-order valence-corrected chi connectivity index (χ4v) is 2.81. The maximum Gasteiger partial charge on any atom is 0.233 e. The number of amides is 1. The Kier molecular flexibility index (Phi) is 6.88. The normalized spacial score (nSPS) is 17.7. The second-order valence-corrected chi connectivity index (χ2v) is 6.02. The second kappa shape index (κ2) is 7.96. The topological polar surface area (TPSA) is 41.1 Å². The van der Waals surface area contributed by atoms with E-state index in [1.807, 2.05) is 11.8 Å². The van der Waals surface area contributed by atoms with Gasteiger partial charge in [-0.1, -0.05) is 13.8 Å². The van der Waals surface area contributed by atoms with Crippen LogP contribution in [0.4, 0.5) is 0 Å². The summed E-state index contributed by atoms with van der Waals surface area (Å²) in [6.45, 7) is 5.63. The number of nitrogens with one attached hydrogen (secondary N) is 2. The molecule has 1 heterocycles. The van der Waals surface area contributed by atoms with Crippen molar-refractivity contribution in [3.8, 4) is 0 Å². The highest BCUT2D eigenvalue weighted by Gasteiger charge is 2.13. The third-order valence-corrected chi connectivity index (χ3v) is 3.87. The average Bonchev–Trinajstić information content (AvgIpc) is 2.27. The summed E-state index contributed by atoms with van der Waals surface area (Å²) in [6.07, 6.45) is 3.46. The van der Waals surface area contributed by atoms with Crippen LogP contribution in [0.25, 0.3) is 0 Å². The van der Waals surface area contributed by atoms with Crippen LogP contribution in [-0.4, -0.2) is 36.5 Å². The van der Waals surface area contributed by atoms with Gasteiger partial charge < -0.3 is 10.6 Å². The van der Waals surface area contributed by atoms with Crippen LogP contribution < -0.4 is 10.6 Å². The van der Waals surface area contributed by atoms with Crippen LogP contribution >= 0.6 is 11.8 Å². The molecular weight excluding hydrogens is 220 g/mol. The Balaban J connectivity index is 2.00. The largest absolute Gasteiger partial charge is 0.355 e. The van der Waals surface area contributed by atoms with Gasteiger partial charge in [0, 0.05) is 12.6 Å². The minimum atomic E-state index is 0.138. The van der Waals surface area contributed by atoms with E-state index in [9.17, 15) is 4.79 Å². The summed E-state index contributed by atoms with van der Waals surface area (Å²) in [5, 5.41) is 6.28. The fraction of sp³-hybridized carbons (Fsp3) is 0.917. The van der Waals surface area contributed by atoms with Crippen molar-refractivity contribution in [3.05, 3.63) is 0 Å². The smallest absolute Gasteiger partial charge is 0.233 e. The Morgan fingerprint density at radius 1 is 1.38 bits per heavy atom. The first-order chi connectivity index (χ1) is 7.68. The van der Waals surface area contributed by atoms with Gasteiger partial charge in [0.1, 0.15) is 0 Å². The summed E-state index contributed by atoms with van der Waals surface area (Å²) in [6, 6.07) is 0.553. The molecule has 0 saturated carbocycles. The summed E-state index contributed by atoms with van der Waals surface area (Å²) in [4.78, 5) is 11.5. The van der Waals surface area contributed by atoms with Gasteiger partial charge in [-0.15, -0.1) is 0 Å². The predicted molar refractivity (Wildman–Crippen MR) is 70.8 cm³/mol. The highest BCUT2D eigenvalue weighted by molar-refractivity contribution is 7.99. The molecule has 1 aliphatic rings. The monoisotopic (exact) mass is 244 g/mol. The number of carbonyl (C=O) groups excluding carboxylic acids is 1. The van der Waals surface area contributed by atoms with Gasteiger partial charge in [0.25, 0.3) is 0 Å². The molecule has 0 aromatic rings. The lowest BCUT2D eigenvalue weighted by Gasteiger charge is -2.22. The van der Waals surface area contributed by atoms with Crippen molar-refractivity contribution in [2.24, 2.45) is 5.92 Å². The number of carbonyl (C=O) groups is 1. The van der Waals surface area contributed by atoms with Crippen LogP contribution in [0, 0.1) is 5.92 Å². The first kappa shape index (κ1) is 13.8. The van der Waals surface area contributed by atoms with Gasteiger partial charge in [-0.05, 0) is 36.7 Å². The zero-order chi connectivity index (χ0) is 11.8. The van der Waals surface area contributed by atoms with E-state index in [0.717, 1.165) is 13.0 Å². The van der Waals surface area contributed by atoms with Crippen LogP contribution in [0.1, 0.15) is 33.1 Å². The Morgan fingerprint density at radius 2 is 2.06 bits per heavy atom. The number of thioether (sulfide) groups is 1. The maximum absolute atomic E-state index is 11.5. The van der Waals surface area contributed by atoms with E-state index >= 15 is 0 Å². The molecule has 0 spiro atoms. The molecule has 0 aliphatic carbocycles. The zero-order valence-electron chi connectivity index (χ0n) is 10.4. The van der Waals surface area contributed by atoms with E-state index in [0.29, 0.717) is 18.5 Å². The van der Waals surface area contributed by atoms with E-state index in [4.69, 9.17) is 0 Å². The van der Waals surface area contributed by atoms with Crippen molar-refractivity contribution in [1.82, 2.24) is 10.6 Å². The average molecular weight is 244 g/mol. The Bertz CT molecular complexity index is 203. The molecule has 0 unspecified atom stereocenters. The molecule has 0 bridgehead atoms. The number of hydrogen-bond acceptors (Lipinski definition) is 3. The van der Waals surface area contributed by atoms with Crippen LogP contribution in [0.5, 0.6) is 0 Å². The van der Waals surface area contributed by atoms with E-state index in [2.05, 4.69) is 24.5 Å². The molecule has 16 heavy (non-hydrogen) atoms. The summed E-state index contributed by atoms with van der Waals surface area (Å²) >= 11 is 2.01. The van der Waals surface area contributed by atoms with Crippen molar-refractivity contribution in [3.63, 3.8) is 0 Å². The van der Waals surface area contributed by atoms with Crippen LogP contribution in [0.3, 0.4) is 0 Å². The highest BCUT2D eigenvalue weighted by Crippen LogP contribution is 2.16. The SMILES string of the molecule is CC(C)CCNC(=O)CNC1CCSCC1. The molecule has 1 rings (SSSR count). The number of hydrogen-bond donors (Lipinski definition) is 2. The van der Waals surface area contributed by atoms with Gasteiger partial charge in [0.2, 0.25) is 5.91 Å². The summed E-state index contributed by atoms with van der Waals surface area (Å²) in [5.74, 6) is 3.25. The molecule has 94 valence electrons. The third-order valence-electron chi connectivity index (χ3n) is 2.82. The Labute approximate surface area is 103 Å². The lowest BCUT2D eigenvalue weighted by atomic mass is 10.1. The molecule has 0 aromatic heterocycles. The van der Waals surface area contributed by atoms with Gasteiger partial charge in [-0.25, -0.2) is 0 Å². The summed E-state index contributed by atoms with van der Waals surface area (Å²) in [7, 11) is 0. The lowest BCUT2D eigenvalue weighted by Crippen LogP contribution is -2.41. The minimum absolute atomic E-state index is 0.138. The summed E-state index contributed by atoms with van der Waals surface area (Å²) < 4.78 is 0.